The molecule has 0 aliphatic carbocycles. The second kappa shape index (κ2) is 18.0. The molecule has 4 N–H and O–H groups in total. The molecule has 1 aliphatic rings. The smallest absolute Gasteiger partial charge is 0.328 e. The SMILES string of the molecule is CN1CCCC1CCOC(C)(c1ccccc1)c1ccc(Cl)cc1.O=C(O)C=CC(=O)O.O=c1cc(-c2ccccc2)oc2cc(O)cc(O)c12. The first-order chi connectivity index (χ1) is 24.4. The van der Waals surface area contributed by atoms with Gasteiger partial charge in [-0.1, -0.05) is 84.4 Å². The van der Waals surface area contributed by atoms with Crippen molar-refractivity contribution in [2.75, 3.05) is 20.2 Å². The Morgan fingerprint density at radius 3 is 2.06 bits per heavy atom. The molecule has 1 fully saturated rings. The number of phenols is 2. The van der Waals surface area contributed by atoms with E-state index in [1.807, 2.05) is 48.5 Å². The number of aliphatic carboxylic acids is 2. The molecule has 0 amide bonds. The normalized spacial score (nSPS) is 15.3. The van der Waals surface area contributed by atoms with Gasteiger partial charge < -0.3 is 34.5 Å². The molecule has 0 bridgehead atoms. The Hall–Kier alpha value is -5.42. The maximum atomic E-state index is 12.0. The van der Waals surface area contributed by atoms with Crippen LogP contribution in [-0.2, 0) is 19.9 Å². The maximum Gasteiger partial charge on any atom is 0.328 e. The lowest BCUT2D eigenvalue weighted by Gasteiger charge is -2.32. The number of carbonyl (C=O) groups is 2. The Balaban J connectivity index is 0.000000192. The van der Waals surface area contributed by atoms with E-state index in [1.54, 1.807) is 0 Å². The number of fused-ring (bicyclic) bond motifs is 1. The molecule has 5 aromatic rings. The van der Waals surface area contributed by atoms with E-state index >= 15 is 0 Å². The molecule has 1 saturated heterocycles. The highest BCUT2D eigenvalue weighted by molar-refractivity contribution is 6.30. The number of aromatic hydroxyl groups is 2. The molecule has 1 aromatic heterocycles. The average molecular weight is 714 g/mol. The van der Waals surface area contributed by atoms with Crippen molar-refractivity contribution < 1.29 is 39.2 Å². The van der Waals surface area contributed by atoms with Crippen molar-refractivity contribution in [2.45, 2.75) is 37.8 Å². The minimum absolute atomic E-state index is 0.0671. The van der Waals surface area contributed by atoms with Gasteiger partial charge in [-0.2, -0.15) is 0 Å². The second-order valence-corrected chi connectivity index (χ2v) is 12.4. The van der Waals surface area contributed by atoms with Gasteiger partial charge in [-0.3, -0.25) is 4.79 Å². The van der Waals surface area contributed by atoms with Gasteiger partial charge in [-0.15, -0.1) is 0 Å². The highest BCUT2D eigenvalue weighted by Crippen LogP contribution is 2.35. The van der Waals surface area contributed by atoms with Gasteiger partial charge in [-0.25, -0.2) is 9.59 Å². The third kappa shape index (κ3) is 10.8. The van der Waals surface area contributed by atoms with Crippen LogP contribution in [0.25, 0.3) is 22.3 Å². The van der Waals surface area contributed by atoms with E-state index in [-0.39, 0.29) is 27.9 Å². The number of phenolic OH excluding ortho intramolecular Hbond substituents is 2. The van der Waals surface area contributed by atoms with Crippen LogP contribution >= 0.6 is 11.6 Å². The number of hydrogen-bond donors (Lipinski definition) is 4. The molecule has 10 nitrogen and oxygen atoms in total. The third-order valence-electron chi connectivity index (χ3n) is 8.45. The van der Waals surface area contributed by atoms with Gasteiger partial charge in [0.1, 0.15) is 33.8 Å². The molecule has 0 saturated carbocycles. The van der Waals surface area contributed by atoms with Crippen LogP contribution in [-0.4, -0.2) is 63.5 Å². The van der Waals surface area contributed by atoms with Gasteiger partial charge in [0.15, 0.2) is 5.43 Å². The minimum atomic E-state index is -1.26. The number of halogens is 1. The van der Waals surface area contributed by atoms with Gasteiger partial charge in [0.2, 0.25) is 0 Å². The van der Waals surface area contributed by atoms with Crippen LogP contribution in [0.3, 0.4) is 0 Å². The van der Waals surface area contributed by atoms with Gasteiger partial charge in [-0.05, 0) is 63.0 Å². The Morgan fingerprint density at radius 2 is 1.49 bits per heavy atom. The number of rotatable bonds is 9. The number of likely N-dealkylation sites (tertiary alicyclic amines) is 1. The molecule has 4 aromatic carbocycles. The predicted octanol–water partition coefficient (Wildman–Crippen LogP) is 7.69. The van der Waals surface area contributed by atoms with Crippen LogP contribution in [0.5, 0.6) is 11.5 Å². The van der Waals surface area contributed by atoms with Crippen LogP contribution in [0.2, 0.25) is 5.02 Å². The standard InChI is InChI=1S/C21H26ClNO.C15H10O4.C4H4O4/c1-21(17-7-4-3-5-8-17,18-10-12-19(22)13-11-18)24-16-14-20-9-6-15-23(20)2;16-10-6-11(17)15-12(18)8-13(19-14(15)7-10)9-4-2-1-3-5-9;5-3(6)1-2-4(7)8/h3-5,7-8,10-13,20H,6,9,14-16H2,1-2H3;1-8,16-17H;1-2H,(H,5,6)(H,7,8). The zero-order valence-electron chi connectivity index (χ0n) is 28.2. The fourth-order valence-corrected chi connectivity index (χ4v) is 5.87. The zero-order chi connectivity index (χ0) is 37.0. The molecule has 2 atom stereocenters. The van der Waals surface area contributed by atoms with Crippen LogP contribution in [0, 0.1) is 0 Å². The number of carboxylic acid groups (broad SMARTS) is 2. The number of nitrogens with zero attached hydrogens (tertiary/aromatic N) is 1. The largest absolute Gasteiger partial charge is 0.508 e. The van der Waals surface area contributed by atoms with Gasteiger partial charge >= 0.3 is 11.9 Å². The van der Waals surface area contributed by atoms with E-state index in [4.69, 9.17) is 31.0 Å². The van der Waals surface area contributed by atoms with Crippen LogP contribution < -0.4 is 5.43 Å². The Labute approximate surface area is 300 Å². The summed E-state index contributed by atoms with van der Waals surface area (Å²) in [4.78, 5) is 33.6. The first-order valence-electron chi connectivity index (χ1n) is 16.2. The van der Waals surface area contributed by atoms with E-state index in [0.29, 0.717) is 24.0 Å². The minimum Gasteiger partial charge on any atom is -0.508 e. The summed E-state index contributed by atoms with van der Waals surface area (Å²) in [6, 6.07) is 32.0. The van der Waals surface area contributed by atoms with E-state index < -0.39 is 17.5 Å². The summed E-state index contributed by atoms with van der Waals surface area (Å²) in [5.74, 6) is -2.57. The number of carboxylic acids is 2. The first-order valence-corrected chi connectivity index (χ1v) is 16.6. The second-order valence-electron chi connectivity index (χ2n) is 12.0. The summed E-state index contributed by atoms with van der Waals surface area (Å²) in [5.41, 5.74) is 2.42. The molecular formula is C40H40ClNO9. The zero-order valence-corrected chi connectivity index (χ0v) is 29.0. The molecular weight excluding hydrogens is 674 g/mol. The van der Waals surface area contributed by atoms with Gasteiger partial charge in [0.25, 0.3) is 0 Å². The van der Waals surface area contributed by atoms with Gasteiger partial charge in [0, 0.05) is 53.6 Å². The Kier molecular flexibility index (Phi) is 13.5. The van der Waals surface area contributed by atoms with E-state index in [2.05, 4.69) is 55.3 Å². The number of benzene rings is 4. The number of ether oxygens (including phenoxy) is 1. The van der Waals surface area contributed by atoms with Crippen molar-refractivity contribution in [3.63, 3.8) is 0 Å². The molecule has 2 unspecified atom stereocenters. The molecule has 6 rings (SSSR count). The monoisotopic (exact) mass is 713 g/mol. The van der Waals surface area contributed by atoms with Crippen LogP contribution in [0.15, 0.2) is 124 Å². The molecule has 1 aliphatic heterocycles. The summed E-state index contributed by atoms with van der Waals surface area (Å²) in [6.07, 6.45) is 4.77. The summed E-state index contributed by atoms with van der Waals surface area (Å²) in [6.45, 7) is 4.12. The van der Waals surface area contributed by atoms with Crippen molar-refractivity contribution in [3.05, 3.63) is 142 Å². The van der Waals surface area contributed by atoms with Crippen molar-refractivity contribution >= 4 is 34.5 Å². The van der Waals surface area contributed by atoms with E-state index in [9.17, 15) is 24.6 Å². The highest BCUT2D eigenvalue weighted by Gasteiger charge is 2.31. The summed E-state index contributed by atoms with van der Waals surface area (Å²) in [7, 11) is 2.22. The van der Waals surface area contributed by atoms with Crippen molar-refractivity contribution in [1.29, 1.82) is 0 Å². The molecule has 51 heavy (non-hydrogen) atoms. The van der Waals surface area contributed by atoms with E-state index in [1.165, 1.54) is 37.1 Å². The summed E-state index contributed by atoms with van der Waals surface area (Å²) < 4.78 is 12.1. The molecule has 0 spiro atoms. The Morgan fingerprint density at radius 1 is 0.902 bits per heavy atom. The van der Waals surface area contributed by atoms with Crippen LogP contribution in [0.4, 0.5) is 0 Å². The van der Waals surface area contributed by atoms with Crippen molar-refractivity contribution in [2.24, 2.45) is 0 Å². The topological polar surface area (TPSA) is 158 Å². The quantitative estimate of drug-likeness (QED) is 0.112. The molecule has 0 radical (unpaired) electrons. The molecule has 266 valence electrons. The molecule has 2 heterocycles. The van der Waals surface area contributed by atoms with E-state index in [0.717, 1.165) is 35.2 Å². The third-order valence-corrected chi connectivity index (χ3v) is 8.71. The Bertz CT molecular complexity index is 1980. The molecule has 11 heteroatoms. The highest BCUT2D eigenvalue weighted by atomic mass is 35.5. The lowest BCUT2D eigenvalue weighted by Crippen LogP contribution is -2.31. The fourth-order valence-electron chi connectivity index (χ4n) is 5.74. The van der Waals surface area contributed by atoms with Crippen LogP contribution in [0.1, 0.15) is 37.3 Å². The average Bonchev–Trinajstić information content (AvgIpc) is 3.52. The lowest BCUT2D eigenvalue weighted by atomic mass is 9.88. The first kappa shape index (κ1) is 38.4. The van der Waals surface area contributed by atoms with Gasteiger partial charge in [0.05, 0.1) is 0 Å². The number of hydrogen-bond acceptors (Lipinski definition) is 8. The summed E-state index contributed by atoms with van der Waals surface area (Å²) >= 11 is 6.07. The predicted molar refractivity (Wildman–Crippen MR) is 196 cm³/mol. The lowest BCUT2D eigenvalue weighted by molar-refractivity contribution is -0.134. The van der Waals surface area contributed by atoms with Crippen molar-refractivity contribution in [3.8, 4) is 22.8 Å². The maximum absolute atomic E-state index is 12.0. The fraction of sp³-hybridized carbons (Fsp3) is 0.225. The van der Waals surface area contributed by atoms with Crippen molar-refractivity contribution in [1.82, 2.24) is 4.90 Å². The summed E-state index contributed by atoms with van der Waals surface area (Å²) in [5, 5.41) is 35.6.